The van der Waals surface area contributed by atoms with Crippen LogP contribution < -0.4 is 4.74 Å². The zero-order valence-electron chi connectivity index (χ0n) is 15.2. The summed E-state index contributed by atoms with van der Waals surface area (Å²) in [6.45, 7) is 8.61. The summed E-state index contributed by atoms with van der Waals surface area (Å²) in [6.07, 6.45) is 7.84. The van der Waals surface area contributed by atoms with Gasteiger partial charge in [0.1, 0.15) is 12.4 Å². The lowest BCUT2D eigenvalue weighted by atomic mass is 9.98. The van der Waals surface area contributed by atoms with Crippen LogP contribution in [0.15, 0.2) is 48.6 Å². The Labute approximate surface area is 152 Å². The first kappa shape index (κ1) is 20.4. The Kier molecular flexibility index (Phi) is 9.30. The SMILES string of the molecule is CN(C/C=C/C#CC(C)(C)C)Cc1cccc(OC/C=C/CCl)c1. The van der Waals surface area contributed by atoms with Gasteiger partial charge in [-0.15, -0.1) is 11.6 Å². The highest BCUT2D eigenvalue weighted by Gasteiger charge is 2.02. The molecule has 0 N–H and O–H groups in total. The van der Waals surface area contributed by atoms with Crippen molar-refractivity contribution in [3.8, 4) is 17.6 Å². The summed E-state index contributed by atoms with van der Waals surface area (Å²) in [5.74, 6) is 7.69. The Morgan fingerprint density at radius 2 is 2.00 bits per heavy atom. The van der Waals surface area contributed by atoms with Gasteiger partial charge in [-0.05, 0) is 51.6 Å². The first-order valence-electron chi connectivity index (χ1n) is 8.19. The third kappa shape index (κ3) is 10.2. The molecule has 0 saturated heterocycles. The molecule has 0 amide bonds. The maximum Gasteiger partial charge on any atom is 0.120 e. The van der Waals surface area contributed by atoms with E-state index >= 15 is 0 Å². The Morgan fingerprint density at radius 1 is 1.21 bits per heavy atom. The Bertz CT molecular complexity index is 602. The van der Waals surface area contributed by atoms with Crippen LogP contribution >= 0.6 is 11.6 Å². The molecule has 1 rings (SSSR count). The van der Waals surface area contributed by atoms with Crippen LogP contribution in [0.5, 0.6) is 5.75 Å². The molecule has 0 aromatic heterocycles. The van der Waals surface area contributed by atoms with E-state index in [-0.39, 0.29) is 5.41 Å². The lowest BCUT2D eigenvalue weighted by Crippen LogP contribution is -2.17. The van der Waals surface area contributed by atoms with Gasteiger partial charge in [-0.3, -0.25) is 4.90 Å². The van der Waals surface area contributed by atoms with Crippen LogP contribution in [0.4, 0.5) is 0 Å². The van der Waals surface area contributed by atoms with Gasteiger partial charge in [-0.25, -0.2) is 0 Å². The highest BCUT2D eigenvalue weighted by molar-refractivity contribution is 6.18. The normalized spacial score (nSPS) is 11.9. The maximum atomic E-state index is 5.68. The van der Waals surface area contributed by atoms with Gasteiger partial charge in [0.25, 0.3) is 0 Å². The first-order valence-corrected chi connectivity index (χ1v) is 8.73. The fraction of sp³-hybridized carbons (Fsp3) is 0.429. The van der Waals surface area contributed by atoms with Crippen molar-refractivity contribution in [3.05, 3.63) is 54.1 Å². The summed E-state index contributed by atoms with van der Waals surface area (Å²) in [5.41, 5.74) is 1.28. The number of hydrogen-bond donors (Lipinski definition) is 0. The van der Waals surface area contributed by atoms with Gasteiger partial charge in [0.05, 0.1) is 0 Å². The van der Waals surface area contributed by atoms with Gasteiger partial charge in [0.15, 0.2) is 0 Å². The topological polar surface area (TPSA) is 12.5 Å². The summed E-state index contributed by atoms with van der Waals surface area (Å²) >= 11 is 5.59. The molecule has 0 aliphatic heterocycles. The predicted octanol–water partition coefficient (Wildman–Crippen LogP) is 4.90. The fourth-order valence-electron chi connectivity index (χ4n) is 1.93. The van der Waals surface area contributed by atoms with Crippen LogP contribution in [0, 0.1) is 17.3 Å². The third-order valence-corrected chi connectivity index (χ3v) is 3.20. The lowest BCUT2D eigenvalue weighted by molar-refractivity contribution is 0.352. The van der Waals surface area contributed by atoms with E-state index in [2.05, 4.69) is 62.8 Å². The number of ether oxygens (including phenoxy) is 1. The minimum atomic E-state index is 0.0512. The van der Waals surface area contributed by atoms with E-state index in [1.807, 2.05) is 30.4 Å². The number of nitrogens with zero attached hydrogens (tertiary/aromatic N) is 1. The molecule has 3 heteroatoms. The number of halogens is 1. The first-order chi connectivity index (χ1) is 11.4. The van der Waals surface area contributed by atoms with Gasteiger partial charge in [0.2, 0.25) is 0 Å². The van der Waals surface area contributed by atoms with Crippen molar-refractivity contribution in [1.82, 2.24) is 4.90 Å². The summed E-state index contributed by atoms with van der Waals surface area (Å²) < 4.78 is 5.68. The van der Waals surface area contributed by atoms with Crippen LogP contribution in [0.2, 0.25) is 0 Å². The van der Waals surface area contributed by atoms with Crippen LogP contribution in [-0.2, 0) is 6.54 Å². The van der Waals surface area contributed by atoms with Crippen LogP contribution in [0.25, 0.3) is 0 Å². The van der Waals surface area contributed by atoms with Crippen molar-refractivity contribution in [2.75, 3.05) is 26.1 Å². The summed E-state index contributed by atoms with van der Waals surface area (Å²) in [5, 5.41) is 0. The molecular weight excluding hydrogens is 318 g/mol. The second-order valence-corrected chi connectivity index (χ2v) is 7.01. The molecule has 0 bridgehead atoms. The number of benzene rings is 1. The third-order valence-electron chi connectivity index (χ3n) is 3.02. The second kappa shape index (κ2) is 11.0. The van der Waals surface area contributed by atoms with Crippen molar-refractivity contribution in [3.63, 3.8) is 0 Å². The van der Waals surface area contributed by atoms with E-state index in [0.717, 1.165) is 18.8 Å². The molecule has 0 atom stereocenters. The summed E-state index contributed by atoms with van der Waals surface area (Å²) in [6, 6.07) is 8.18. The number of alkyl halides is 1. The molecule has 0 saturated carbocycles. The Morgan fingerprint density at radius 3 is 2.71 bits per heavy atom. The van der Waals surface area contributed by atoms with Crippen molar-refractivity contribution in [1.29, 1.82) is 0 Å². The molecule has 0 fully saturated rings. The van der Waals surface area contributed by atoms with Crippen LogP contribution in [0.1, 0.15) is 26.3 Å². The molecule has 0 spiro atoms. The molecule has 0 unspecified atom stereocenters. The van der Waals surface area contributed by atoms with Gasteiger partial charge >= 0.3 is 0 Å². The zero-order valence-corrected chi connectivity index (χ0v) is 15.9. The van der Waals surface area contributed by atoms with Crippen molar-refractivity contribution in [2.24, 2.45) is 5.41 Å². The quantitative estimate of drug-likeness (QED) is 0.377. The molecule has 1 aromatic carbocycles. The largest absolute Gasteiger partial charge is 0.490 e. The lowest BCUT2D eigenvalue weighted by Gasteiger charge is -2.15. The van der Waals surface area contributed by atoms with Gasteiger partial charge in [-0.1, -0.05) is 42.2 Å². The van der Waals surface area contributed by atoms with Gasteiger partial charge < -0.3 is 4.74 Å². The Hall–Kier alpha value is -1.69. The molecule has 0 radical (unpaired) electrons. The van der Waals surface area contributed by atoms with Gasteiger partial charge in [0, 0.05) is 24.4 Å². The molecule has 130 valence electrons. The average molecular weight is 346 g/mol. The molecule has 0 heterocycles. The van der Waals surface area contributed by atoms with E-state index in [4.69, 9.17) is 16.3 Å². The van der Waals surface area contributed by atoms with Crippen molar-refractivity contribution < 1.29 is 4.74 Å². The molecule has 2 nitrogen and oxygen atoms in total. The smallest absolute Gasteiger partial charge is 0.120 e. The zero-order chi connectivity index (χ0) is 17.8. The molecule has 0 aliphatic rings. The van der Waals surface area contributed by atoms with E-state index in [1.165, 1.54) is 5.56 Å². The fourth-order valence-corrected chi connectivity index (χ4v) is 2.06. The van der Waals surface area contributed by atoms with E-state index < -0.39 is 0 Å². The average Bonchev–Trinajstić information content (AvgIpc) is 2.50. The Balaban J connectivity index is 2.46. The number of hydrogen-bond acceptors (Lipinski definition) is 2. The number of allylic oxidation sites excluding steroid dienone is 2. The van der Waals surface area contributed by atoms with E-state index in [9.17, 15) is 0 Å². The minimum absolute atomic E-state index is 0.0512. The molecular formula is C21H28ClNO. The van der Waals surface area contributed by atoms with E-state index in [0.29, 0.717) is 12.5 Å². The number of rotatable bonds is 8. The van der Waals surface area contributed by atoms with Gasteiger partial charge in [-0.2, -0.15) is 0 Å². The highest BCUT2D eigenvalue weighted by Crippen LogP contribution is 2.14. The monoisotopic (exact) mass is 345 g/mol. The van der Waals surface area contributed by atoms with E-state index in [1.54, 1.807) is 0 Å². The second-order valence-electron chi connectivity index (χ2n) is 6.70. The predicted molar refractivity (Wildman–Crippen MR) is 105 cm³/mol. The van der Waals surface area contributed by atoms with Crippen LogP contribution in [0.3, 0.4) is 0 Å². The van der Waals surface area contributed by atoms with Crippen molar-refractivity contribution >= 4 is 11.6 Å². The molecule has 24 heavy (non-hydrogen) atoms. The minimum Gasteiger partial charge on any atom is -0.490 e. The standard InChI is InChI=1S/C21H28ClNO/c1-21(2,3)13-6-5-8-15-23(4)18-19-11-10-12-20(17-19)24-16-9-7-14-22/h5,7-12,17H,14-16,18H2,1-4H3/b8-5+,9-7+. The van der Waals surface area contributed by atoms with Crippen molar-refractivity contribution in [2.45, 2.75) is 27.3 Å². The summed E-state index contributed by atoms with van der Waals surface area (Å²) in [4.78, 5) is 2.24. The van der Waals surface area contributed by atoms with Crippen LogP contribution in [-0.4, -0.2) is 31.0 Å². The number of likely N-dealkylation sites (N-methyl/N-ethyl adjacent to an activating group) is 1. The highest BCUT2D eigenvalue weighted by atomic mass is 35.5. The molecule has 0 aliphatic carbocycles. The summed E-state index contributed by atoms with van der Waals surface area (Å²) in [7, 11) is 2.10. The molecule has 1 aromatic rings. The maximum absolute atomic E-state index is 5.68.